The van der Waals surface area contributed by atoms with Crippen LogP contribution in [-0.2, 0) is 14.2 Å². The summed E-state index contributed by atoms with van der Waals surface area (Å²) in [4.78, 5) is 0. The molecule has 0 unspecified atom stereocenters. The maximum absolute atomic E-state index is 5.41. The van der Waals surface area contributed by atoms with Gasteiger partial charge >= 0.3 is 0 Å². The van der Waals surface area contributed by atoms with Crippen LogP contribution in [0.15, 0.2) is 0 Å². The molecule has 1 aliphatic rings. The fourth-order valence-electron chi connectivity index (χ4n) is 1.22. The van der Waals surface area contributed by atoms with Gasteiger partial charge in [-0.1, -0.05) is 20.8 Å². The summed E-state index contributed by atoms with van der Waals surface area (Å²) in [5, 5.41) is 0. The summed E-state index contributed by atoms with van der Waals surface area (Å²) >= 11 is 0. The molecule has 0 aromatic rings. The highest BCUT2D eigenvalue weighted by Crippen LogP contribution is 2.29. The minimum Gasteiger partial charge on any atom is -0.330 e. The summed E-state index contributed by atoms with van der Waals surface area (Å²) < 4.78 is 16.0. The van der Waals surface area contributed by atoms with Crippen LogP contribution in [-0.4, -0.2) is 26.3 Å². The van der Waals surface area contributed by atoms with Crippen LogP contribution in [0.5, 0.6) is 0 Å². The van der Waals surface area contributed by atoms with E-state index in [4.69, 9.17) is 14.2 Å². The number of hydrogen-bond donors (Lipinski definition) is 0. The van der Waals surface area contributed by atoms with E-state index >= 15 is 0 Å². The van der Waals surface area contributed by atoms with Crippen molar-refractivity contribution in [3.8, 4) is 0 Å². The molecule has 3 heteroatoms. The highest BCUT2D eigenvalue weighted by molar-refractivity contribution is 4.74. The van der Waals surface area contributed by atoms with Gasteiger partial charge in [0.25, 0.3) is 6.48 Å². The van der Waals surface area contributed by atoms with Crippen molar-refractivity contribution in [2.45, 2.75) is 34.2 Å². The average molecular weight is 188 g/mol. The number of ether oxygens (including phenoxy) is 3. The third-order valence-corrected chi connectivity index (χ3v) is 2.39. The Labute approximate surface area is 80.4 Å². The van der Waals surface area contributed by atoms with E-state index in [2.05, 4.69) is 20.8 Å². The second kappa shape index (κ2) is 4.40. The van der Waals surface area contributed by atoms with Gasteiger partial charge in [-0.25, -0.2) is 0 Å². The molecule has 1 rings (SSSR count). The first kappa shape index (κ1) is 11.0. The van der Waals surface area contributed by atoms with Crippen LogP contribution in [0.3, 0.4) is 0 Å². The second-order valence-corrected chi connectivity index (χ2v) is 4.47. The standard InChI is InChI=1S/C10H20O3/c1-5-11-9-12-6-8(7-13-9)10(2,3)4/h8-9H,5-7H2,1-4H3. The van der Waals surface area contributed by atoms with Crippen LogP contribution in [0, 0.1) is 11.3 Å². The molecule has 1 fully saturated rings. The van der Waals surface area contributed by atoms with Crippen molar-refractivity contribution in [1.29, 1.82) is 0 Å². The first-order valence-corrected chi connectivity index (χ1v) is 4.89. The van der Waals surface area contributed by atoms with Crippen LogP contribution in [0.1, 0.15) is 27.7 Å². The molecule has 1 heterocycles. The van der Waals surface area contributed by atoms with Crippen molar-refractivity contribution in [2.75, 3.05) is 19.8 Å². The Bertz CT molecular complexity index is 143. The zero-order chi connectivity index (χ0) is 9.90. The molecule has 0 radical (unpaired) electrons. The van der Waals surface area contributed by atoms with Gasteiger partial charge in [0.05, 0.1) is 13.2 Å². The molecule has 13 heavy (non-hydrogen) atoms. The summed E-state index contributed by atoms with van der Waals surface area (Å²) in [7, 11) is 0. The molecular weight excluding hydrogens is 168 g/mol. The Hall–Kier alpha value is -0.120. The zero-order valence-corrected chi connectivity index (χ0v) is 9.00. The van der Waals surface area contributed by atoms with Gasteiger partial charge in [-0.2, -0.15) is 0 Å². The Morgan fingerprint density at radius 1 is 1.23 bits per heavy atom. The number of hydrogen-bond acceptors (Lipinski definition) is 3. The SMILES string of the molecule is CCOC1OCC(C(C)(C)C)CO1. The zero-order valence-electron chi connectivity index (χ0n) is 9.00. The quantitative estimate of drug-likeness (QED) is 0.663. The average Bonchev–Trinajstić information content (AvgIpc) is 2.04. The fourth-order valence-corrected chi connectivity index (χ4v) is 1.22. The lowest BCUT2D eigenvalue weighted by atomic mass is 9.81. The fraction of sp³-hybridized carbons (Fsp3) is 1.00. The third kappa shape index (κ3) is 3.25. The Morgan fingerprint density at radius 2 is 1.77 bits per heavy atom. The topological polar surface area (TPSA) is 27.7 Å². The molecule has 0 aromatic carbocycles. The molecule has 1 saturated heterocycles. The maximum atomic E-state index is 5.41. The van der Waals surface area contributed by atoms with E-state index in [0.717, 1.165) is 13.2 Å². The molecule has 0 atom stereocenters. The lowest BCUT2D eigenvalue weighted by Gasteiger charge is -2.36. The van der Waals surface area contributed by atoms with Crippen molar-refractivity contribution >= 4 is 0 Å². The van der Waals surface area contributed by atoms with Gasteiger partial charge in [0.1, 0.15) is 0 Å². The molecule has 3 nitrogen and oxygen atoms in total. The normalized spacial score (nSPS) is 30.5. The van der Waals surface area contributed by atoms with E-state index in [1.54, 1.807) is 0 Å². The Morgan fingerprint density at radius 3 is 2.15 bits per heavy atom. The van der Waals surface area contributed by atoms with E-state index in [1.807, 2.05) is 6.92 Å². The molecular formula is C10H20O3. The summed E-state index contributed by atoms with van der Waals surface area (Å²) in [6, 6.07) is 0. The highest BCUT2D eigenvalue weighted by atomic mass is 16.8. The maximum Gasteiger partial charge on any atom is 0.271 e. The minimum absolute atomic E-state index is 0.247. The van der Waals surface area contributed by atoms with E-state index in [1.165, 1.54) is 0 Å². The summed E-state index contributed by atoms with van der Waals surface area (Å²) in [5.74, 6) is 0.462. The van der Waals surface area contributed by atoms with Gasteiger partial charge in [-0.15, -0.1) is 0 Å². The van der Waals surface area contributed by atoms with Crippen LogP contribution < -0.4 is 0 Å². The molecule has 0 saturated carbocycles. The molecule has 1 aliphatic heterocycles. The molecule has 0 amide bonds. The van der Waals surface area contributed by atoms with Gasteiger partial charge in [-0.05, 0) is 12.3 Å². The smallest absolute Gasteiger partial charge is 0.271 e. The predicted molar refractivity (Wildman–Crippen MR) is 50.3 cm³/mol. The highest BCUT2D eigenvalue weighted by Gasteiger charge is 2.31. The van der Waals surface area contributed by atoms with Gasteiger partial charge in [0, 0.05) is 12.5 Å². The van der Waals surface area contributed by atoms with Crippen LogP contribution >= 0.6 is 0 Å². The largest absolute Gasteiger partial charge is 0.330 e. The van der Waals surface area contributed by atoms with Crippen molar-refractivity contribution in [2.24, 2.45) is 11.3 Å². The van der Waals surface area contributed by atoms with Gasteiger partial charge in [-0.3, -0.25) is 0 Å². The molecule has 0 aromatic heterocycles. The van der Waals surface area contributed by atoms with E-state index in [-0.39, 0.29) is 5.41 Å². The van der Waals surface area contributed by atoms with Crippen LogP contribution in [0.2, 0.25) is 0 Å². The summed E-state index contributed by atoms with van der Waals surface area (Å²) in [6.45, 7) is 10.2. The lowest BCUT2D eigenvalue weighted by Crippen LogP contribution is -2.39. The van der Waals surface area contributed by atoms with Crippen molar-refractivity contribution < 1.29 is 14.2 Å². The Balaban J connectivity index is 2.30. The lowest BCUT2D eigenvalue weighted by molar-refractivity contribution is -0.327. The minimum atomic E-state index is -0.441. The van der Waals surface area contributed by atoms with E-state index < -0.39 is 6.48 Å². The first-order valence-electron chi connectivity index (χ1n) is 4.89. The second-order valence-electron chi connectivity index (χ2n) is 4.47. The third-order valence-electron chi connectivity index (χ3n) is 2.39. The van der Waals surface area contributed by atoms with Gasteiger partial charge < -0.3 is 14.2 Å². The monoisotopic (exact) mass is 188 g/mol. The summed E-state index contributed by atoms with van der Waals surface area (Å²) in [5.41, 5.74) is 0.247. The molecule has 0 spiro atoms. The number of rotatable bonds is 2. The molecule has 78 valence electrons. The van der Waals surface area contributed by atoms with Crippen LogP contribution in [0.25, 0.3) is 0 Å². The molecule has 0 aliphatic carbocycles. The summed E-state index contributed by atoms with van der Waals surface area (Å²) in [6.07, 6.45) is 0. The van der Waals surface area contributed by atoms with Gasteiger partial charge in [0.15, 0.2) is 0 Å². The predicted octanol–water partition coefficient (Wildman–Crippen LogP) is 2.02. The van der Waals surface area contributed by atoms with Crippen molar-refractivity contribution in [3.63, 3.8) is 0 Å². The van der Waals surface area contributed by atoms with E-state index in [0.29, 0.717) is 12.5 Å². The van der Waals surface area contributed by atoms with Crippen molar-refractivity contribution in [3.05, 3.63) is 0 Å². The van der Waals surface area contributed by atoms with Crippen molar-refractivity contribution in [1.82, 2.24) is 0 Å². The van der Waals surface area contributed by atoms with E-state index in [9.17, 15) is 0 Å². The first-order chi connectivity index (χ1) is 6.04. The van der Waals surface area contributed by atoms with Gasteiger partial charge in [0.2, 0.25) is 0 Å². The Kier molecular flexibility index (Phi) is 3.71. The van der Waals surface area contributed by atoms with Crippen LogP contribution in [0.4, 0.5) is 0 Å². The molecule has 0 bridgehead atoms. The molecule has 0 N–H and O–H groups in total.